The zero-order valence-corrected chi connectivity index (χ0v) is 15.0. The molecule has 0 saturated carbocycles. The van der Waals surface area contributed by atoms with Crippen LogP contribution >= 0.6 is 0 Å². The average Bonchev–Trinajstić information content (AvgIpc) is 2.98. The normalized spacial score (nSPS) is 10.6. The molecule has 26 heavy (non-hydrogen) atoms. The van der Waals surface area contributed by atoms with Crippen LogP contribution in [0.3, 0.4) is 0 Å². The molecule has 2 aromatic carbocycles. The Morgan fingerprint density at radius 2 is 2.00 bits per heavy atom. The Morgan fingerprint density at radius 1 is 1.23 bits per heavy atom. The van der Waals surface area contributed by atoms with Gasteiger partial charge in [0.1, 0.15) is 5.75 Å². The van der Waals surface area contributed by atoms with Gasteiger partial charge in [-0.15, -0.1) is 5.10 Å². The maximum Gasteiger partial charge on any atom is 0.280 e. The largest absolute Gasteiger partial charge is 0.495 e. The van der Waals surface area contributed by atoms with Crippen molar-refractivity contribution in [2.45, 2.75) is 20.4 Å². The molecule has 1 amide bonds. The van der Waals surface area contributed by atoms with Crippen LogP contribution in [0, 0.1) is 13.8 Å². The number of benzene rings is 2. The number of aryl methyl sites for hydroxylation is 2. The molecule has 0 saturated heterocycles. The predicted molar refractivity (Wildman–Crippen MR) is 100 cm³/mol. The molecular formula is C19H21N5O2. The maximum absolute atomic E-state index is 12.6. The second kappa shape index (κ2) is 7.26. The summed E-state index contributed by atoms with van der Waals surface area (Å²) < 4.78 is 6.80. The van der Waals surface area contributed by atoms with E-state index in [4.69, 9.17) is 10.5 Å². The monoisotopic (exact) mass is 351 g/mol. The van der Waals surface area contributed by atoms with Gasteiger partial charge >= 0.3 is 0 Å². The number of rotatable bonds is 5. The van der Waals surface area contributed by atoms with Crippen molar-refractivity contribution in [3.8, 4) is 5.75 Å². The molecule has 0 aliphatic carbocycles. The lowest BCUT2D eigenvalue weighted by molar-refractivity contribution is 0.102. The third-order valence-corrected chi connectivity index (χ3v) is 4.17. The minimum atomic E-state index is -0.428. The molecule has 0 spiro atoms. The Morgan fingerprint density at radius 3 is 2.73 bits per heavy atom. The van der Waals surface area contributed by atoms with Gasteiger partial charge in [0.25, 0.3) is 5.91 Å². The fraction of sp³-hybridized carbons (Fsp3) is 0.211. The summed E-state index contributed by atoms with van der Waals surface area (Å²) in [5, 5.41) is 10.8. The fourth-order valence-electron chi connectivity index (χ4n) is 2.65. The lowest BCUT2D eigenvalue weighted by Gasteiger charge is -2.10. The second-order valence-electron chi connectivity index (χ2n) is 6.07. The highest BCUT2D eigenvalue weighted by atomic mass is 16.5. The molecular weight excluding hydrogens is 330 g/mol. The molecule has 0 fully saturated rings. The number of hydrogen-bond acceptors (Lipinski definition) is 5. The molecule has 0 aliphatic heterocycles. The van der Waals surface area contributed by atoms with Crippen LogP contribution in [0.4, 0.5) is 11.5 Å². The van der Waals surface area contributed by atoms with Gasteiger partial charge in [0, 0.05) is 0 Å². The first-order chi connectivity index (χ1) is 12.5. The first-order valence-electron chi connectivity index (χ1n) is 8.19. The van der Waals surface area contributed by atoms with Crippen LogP contribution in [0.2, 0.25) is 0 Å². The first-order valence-corrected chi connectivity index (χ1v) is 8.19. The van der Waals surface area contributed by atoms with E-state index in [1.807, 2.05) is 50.2 Å². The van der Waals surface area contributed by atoms with Crippen molar-refractivity contribution < 1.29 is 9.53 Å². The molecule has 0 bridgehead atoms. The number of methoxy groups -OCH3 is 1. The number of nitrogens with one attached hydrogen (secondary N) is 1. The van der Waals surface area contributed by atoms with Crippen LogP contribution < -0.4 is 15.8 Å². The summed E-state index contributed by atoms with van der Waals surface area (Å²) in [6.07, 6.45) is 0. The number of ether oxygens (including phenoxy) is 1. The van der Waals surface area contributed by atoms with Gasteiger partial charge in [0.2, 0.25) is 0 Å². The quantitative estimate of drug-likeness (QED) is 0.737. The predicted octanol–water partition coefficient (Wildman–Crippen LogP) is 2.79. The Labute approximate surface area is 151 Å². The highest BCUT2D eigenvalue weighted by Gasteiger charge is 2.19. The van der Waals surface area contributed by atoms with Crippen molar-refractivity contribution in [3.63, 3.8) is 0 Å². The number of nitrogen functional groups attached to an aromatic ring is 1. The Hall–Kier alpha value is -3.35. The van der Waals surface area contributed by atoms with E-state index in [9.17, 15) is 4.79 Å². The lowest BCUT2D eigenvalue weighted by atomic mass is 10.1. The van der Waals surface area contributed by atoms with Gasteiger partial charge in [-0.25, -0.2) is 4.68 Å². The molecule has 0 atom stereocenters. The molecule has 0 unspecified atom stereocenters. The van der Waals surface area contributed by atoms with E-state index in [2.05, 4.69) is 15.6 Å². The number of hydrogen-bond donors (Lipinski definition) is 2. The number of anilines is 2. The number of amides is 1. The molecule has 3 aromatic rings. The van der Waals surface area contributed by atoms with E-state index in [0.29, 0.717) is 18.0 Å². The second-order valence-corrected chi connectivity index (χ2v) is 6.07. The van der Waals surface area contributed by atoms with Gasteiger partial charge in [-0.3, -0.25) is 4.79 Å². The van der Waals surface area contributed by atoms with E-state index < -0.39 is 5.91 Å². The highest BCUT2D eigenvalue weighted by Crippen LogP contribution is 2.26. The van der Waals surface area contributed by atoms with Crippen LogP contribution in [-0.2, 0) is 6.54 Å². The Balaban J connectivity index is 1.82. The molecule has 0 radical (unpaired) electrons. The van der Waals surface area contributed by atoms with E-state index >= 15 is 0 Å². The summed E-state index contributed by atoms with van der Waals surface area (Å²) in [4.78, 5) is 12.6. The van der Waals surface area contributed by atoms with Gasteiger partial charge < -0.3 is 15.8 Å². The van der Waals surface area contributed by atoms with Gasteiger partial charge in [-0.1, -0.05) is 35.5 Å². The Kier molecular flexibility index (Phi) is 4.88. The smallest absolute Gasteiger partial charge is 0.280 e. The van der Waals surface area contributed by atoms with Gasteiger partial charge in [0.05, 0.1) is 19.3 Å². The standard InChI is InChI=1S/C19H21N5O2/c1-12-8-9-16(26-3)15(10-12)21-19(25)17-18(20)24(23-22-17)11-14-7-5-4-6-13(14)2/h4-10H,11,20H2,1-3H3,(H,21,25). The van der Waals surface area contributed by atoms with Crippen LogP contribution in [0.25, 0.3) is 0 Å². The summed E-state index contributed by atoms with van der Waals surface area (Å²) in [5.74, 6) is 0.356. The molecule has 0 aliphatic rings. The number of carbonyl (C=O) groups is 1. The van der Waals surface area contributed by atoms with E-state index in [1.165, 1.54) is 4.68 Å². The summed E-state index contributed by atoms with van der Waals surface area (Å²) in [5.41, 5.74) is 9.93. The molecule has 3 rings (SSSR count). The number of nitrogens with zero attached hydrogens (tertiary/aromatic N) is 3. The zero-order chi connectivity index (χ0) is 18.7. The molecule has 134 valence electrons. The van der Waals surface area contributed by atoms with E-state index in [1.54, 1.807) is 13.2 Å². The number of carbonyl (C=O) groups excluding carboxylic acids is 1. The number of aromatic nitrogens is 3. The molecule has 7 heteroatoms. The summed E-state index contributed by atoms with van der Waals surface area (Å²) in [6, 6.07) is 13.5. The molecule has 1 aromatic heterocycles. The average molecular weight is 351 g/mol. The van der Waals surface area contributed by atoms with Gasteiger partial charge in [-0.2, -0.15) is 0 Å². The van der Waals surface area contributed by atoms with Crippen LogP contribution in [0.15, 0.2) is 42.5 Å². The summed E-state index contributed by atoms with van der Waals surface area (Å²) in [7, 11) is 1.55. The van der Waals surface area contributed by atoms with Crippen molar-refractivity contribution in [2.75, 3.05) is 18.2 Å². The van der Waals surface area contributed by atoms with Gasteiger partial charge in [-0.05, 0) is 42.7 Å². The first kappa shape index (κ1) is 17.5. The minimum Gasteiger partial charge on any atom is -0.495 e. The molecule has 3 N–H and O–H groups in total. The summed E-state index contributed by atoms with van der Waals surface area (Å²) in [6.45, 7) is 4.40. The number of nitrogens with two attached hydrogens (primary N) is 1. The van der Waals surface area contributed by atoms with Crippen LogP contribution in [-0.4, -0.2) is 28.0 Å². The lowest BCUT2D eigenvalue weighted by Crippen LogP contribution is -2.16. The van der Waals surface area contributed by atoms with Crippen molar-refractivity contribution in [3.05, 3.63) is 64.8 Å². The van der Waals surface area contributed by atoms with Crippen LogP contribution in [0.1, 0.15) is 27.2 Å². The molecule has 7 nitrogen and oxygen atoms in total. The summed E-state index contributed by atoms with van der Waals surface area (Å²) >= 11 is 0. The topological polar surface area (TPSA) is 95.1 Å². The van der Waals surface area contributed by atoms with Crippen molar-refractivity contribution >= 4 is 17.4 Å². The SMILES string of the molecule is COc1ccc(C)cc1NC(=O)c1nnn(Cc2ccccc2C)c1N. The zero-order valence-electron chi connectivity index (χ0n) is 15.0. The van der Waals surface area contributed by atoms with Crippen LogP contribution in [0.5, 0.6) is 5.75 Å². The molecule has 1 heterocycles. The van der Waals surface area contributed by atoms with E-state index in [0.717, 1.165) is 16.7 Å². The van der Waals surface area contributed by atoms with Crippen molar-refractivity contribution in [1.82, 2.24) is 15.0 Å². The highest BCUT2D eigenvalue weighted by molar-refractivity contribution is 6.06. The van der Waals surface area contributed by atoms with Crippen molar-refractivity contribution in [1.29, 1.82) is 0 Å². The Bertz CT molecular complexity index is 949. The van der Waals surface area contributed by atoms with Gasteiger partial charge in [0.15, 0.2) is 11.5 Å². The third-order valence-electron chi connectivity index (χ3n) is 4.17. The fourth-order valence-corrected chi connectivity index (χ4v) is 2.65. The maximum atomic E-state index is 12.6. The minimum absolute atomic E-state index is 0.0853. The van der Waals surface area contributed by atoms with Crippen molar-refractivity contribution in [2.24, 2.45) is 0 Å². The third kappa shape index (κ3) is 3.51. The van der Waals surface area contributed by atoms with E-state index in [-0.39, 0.29) is 11.5 Å².